The first kappa shape index (κ1) is 23.4. The number of nitrogens with one attached hydrogen (secondary N) is 1. The molecule has 35 heavy (non-hydrogen) atoms. The first-order valence-electron chi connectivity index (χ1n) is 11.6. The summed E-state index contributed by atoms with van der Waals surface area (Å²) in [7, 11) is 2.11. The number of likely N-dealkylation sites (tertiary alicyclic amines) is 1. The Morgan fingerprint density at radius 2 is 1.69 bits per heavy atom. The highest BCUT2D eigenvalue weighted by Gasteiger charge is 2.31. The molecule has 5 rings (SSSR count). The van der Waals surface area contributed by atoms with E-state index in [0.29, 0.717) is 0 Å². The summed E-state index contributed by atoms with van der Waals surface area (Å²) in [4.78, 5) is 10.5. The molecule has 182 valence electrons. The van der Waals surface area contributed by atoms with Gasteiger partial charge in [0.2, 0.25) is 0 Å². The Kier molecular flexibility index (Phi) is 6.49. The van der Waals surface area contributed by atoms with Gasteiger partial charge >= 0.3 is 6.36 Å². The van der Waals surface area contributed by atoms with E-state index in [-0.39, 0.29) is 11.9 Å². The molecule has 0 saturated carbocycles. The largest absolute Gasteiger partial charge is 0.573 e. The van der Waals surface area contributed by atoms with Gasteiger partial charge in [-0.3, -0.25) is 0 Å². The third-order valence-electron chi connectivity index (χ3n) is 6.26. The van der Waals surface area contributed by atoms with Gasteiger partial charge < -0.3 is 19.4 Å². The van der Waals surface area contributed by atoms with Crippen LogP contribution in [0.1, 0.15) is 30.3 Å². The van der Waals surface area contributed by atoms with Crippen molar-refractivity contribution in [1.29, 1.82) is 0 Å². The second kappa shape index (κ2) is 9.71. The zero-order chi connectivity index (χ0) is 24.4. The molecule has 1 unspecified atom stereocenters. The molecular weight excluding hydrogens is 455 g/mol. The van der Waals surface area contributed by atoms with Crippen molar-refractivity contribution in [2.45, 2.75) is 31.4 Å². The Labute approximate surface area is 201 Å². The standard InChI is InChI=1S/C27H26F3N3O2/c1-33-15-13-21(14-16-33)34-25(26-31-23-7-2-3-8-24(23)32-26)20-6-4-5-19(17-20)18-9-11-22(12-10-18)35-27(28,29)30/h2-12,17,21,25H,13-16H2,1H3,(H,31,32). The summed E-state index contributed by atoms with van der Waals surface area (Å²) in [5.41, 5.74) is 4.39. The SMILES string of the molecule is CN1CCC(OC(c2cccc(-c3ccc(OC(F)(F)F)cc3)c2)c2nc3ccccc3[nH]2)CC1. The van der Waals surface area contributed by atoms with Crippen molar-refractivity contribution in [2.75, 3.05) is 20.1 Å². The molecule has 3 aromatic carbocycles. The first-order chi connectivity index (χ1) is 16.8. The molecule has 1 aliphatic rings. The van der Waals surface area contributed by atoms with Gasteiger partial charge in [0.05, 0.1) is 17.1 Å². The number of para-hydroxylation sites is 2. The lowest BCUT2D eigenvalue weighted by molar-refractivity contribution is -0.274. The van der Waals surface area contributed by atoms with Crippen LogP contribution in [0.5, 0.6) is 5.75 Å². The summed E-state index contributed by atoms with van der Waals surface area (Å²) in [6.07, 6.45) is -3.14. The number of ether oxygens (including phenoxy) is 2. The van der Waals surface area contributed by atoms with E-state index in [0.717, 1.165) is 59.5 Å². The van der Waals surface area contributed by atoms with Crippen molar-refractivity contribution >= 4 is 11.0 Å². The van der Waals surface area contributed by atoms with Gasteiger partial charge in [-0.2, -0.15) is 0 Å². The zero-order valence-electron chi connectivity index (χ0n) is 19.3. The van der Waals surface area contributed by atoms with Gasteiger partial charge in [0, 0.05) is 13.1 Å². The molecule has 0 spiro atoms. The van der Waals surface area contributed by atoms with E-state index < -0.39 is 12.5 Å². The van der Waals surface area contributed by atoms with Crippen molar-refractivity contribution in [2.24, 2.45) is 0 Å². The third-order valence-corrected chi connectivity index (χ3v) is 6.26. The van der Waals surface area contributed by atoms with Crippen LogP contribution in [0.4, 0.5) is 13.2 Å². The first-order valence-corrected chi connectivity index (χ1v) is 11.6. The average Bonchev–Trinajstić information content (AvgIpc) is 3.27. The Balaban J connectivity index is 1.46. The fraction of sp³-hybridized carbons (Fsp3) is 0.296. The lowest BCUT2D eigenvalue weighted by Crippen LogP contribution is -2.35. The molecule has 4 aromatic rings. The van der Waals surface area contributed by atoms with Crippen molar-refractivity contribution < 1.29 is 22.6 Å². The van der Waals surface area contributed by atoms with E-state index >= 15 is 0 Å². The molecule has 1 aliphatic heterocycles. The van der Waals surface area contributed by atoms with Crippen LogP contribution in [-0.2, 0) is 4.74 Å². The van der Waals surface area contributed by atoms with E-state index in [2.05, 4.69) is 21.7 Å². The third kappa shape index (κ3) is 5.66. The second-order valence-corrected chi connectivity index (χ2v) is 8.86. The number of alkyl halides is 3. The summed E-state index contributed by atoms with van der Waals surface area (Å²) in [5, 5.41) is 0. The molecular formula is C27H26F3N3O2. The van der Waals surface area contributed by atoms with Crippen LogP contribution in [0, 0.1) is 0 Å². The number of benzene rings is 3. The monoisotopic (exact) mass is 481 g/mol. The molecule has 0 aliphatic carbocycles. The highest BCUT2D eigenvalue weighted by atomic mass is 19.4. The van der Waals surface area contributed by atoms with Gasteiger partial charge in [-0.05, 0) is 66.9 Å². The van der Waals surface area contributed by atoms with Crippen molar-refractivity contribution in [1.82, 2.24) is 14.9 Å². The van der Waals surface area contributed by atoms with E-state index in [1.54, 1.807) is 12.1 Å². The molecule has 0 radical (unpaired) electrons. The molecule has 1 aromatic heterocycles. The highest BCUT2D eigenvalue weighted by molar-refractivity contribution is 5.75. The maximum atomic E-state index is 12.5. The molecule has 8 heteroatoms. The number of hydrogen-bond acceptors (Lipinski definition) is 4. The fourth-order valence-electron chi connectivity index (χ4n) is 4.44. The van der Waals surface area contributed by atoms with Gasteiger partial charge in [-0.1, -0.05) is 42.5 Å². The van der Waals surface area contributed by atoms with E-state index in [1.807, 2.05) is 48.5 Å². The number of nitrogens with zero attached hydrogens (tertiary/aromatic N) is 2. The minimum absolute atomic E-state index is 0.104. The lowest BCUT2D eigenvalue weighted by atomic mass is 9.99. The zero-order valence-corrected chi connectivity index (χ0v) is 19.3. The predicted molar refractivity (Wildman–Crippen MR) is 128 cm³/mol. The van der Waals surface area contributed by atoms with E-state index in [1.165, 1.54) is 12.1 Å². The quantitative estimate of drug-likeness (QED) is 0.350. The molecule has 1 atom stereocenters. The number of hydrogen-bond donors (Lipinski definition) is 1. The van der Waals surface area contributed by atoms with Gasteiger partial charge in [0.1, 0.15) is 17.7 Å². The number of piperidine rings is 1. The van der Waals surface area contributed by atoms with Crippen LogP contribution in [-0.4, -0.2) is 47.5 Å². The summed E-state index contributed by atoms with van der Waals surface area (Å²) < 4.78 is 48.2. The maximum Gasteiger partial charge on any atom is 0.573 e. The Morgan fingerprint density at radius 3 is 2.40 bits per heavy atom. The minimum Gasteiger partial charge on any atom is -0.406 e. The number of aromatic nitrogens is 2. The Hall–Kier alpha value is -3.36. The summed E-state index contributed by atoms with van der Waals surface area (Å²) in [6, 6.07) is 21.6. The molecule has 1 saturated heterocycles. The van der Waals surface area contributed by atoms with Gasteiger partial charge in [0.25, 0.3) is 0 Å². The number of halogens is 3. The molecule has 5 nitrogen and oxygen atoms in total. The fourth-order valence-corrected chi connectivity index (χ4v) is 4.44. The van der Waals surface area contributed by atoms with Gasteiger partial charge in [-0.15, -0.1) is 13.2 Å². The number of rotatable bonds is 6. The van der Waals surface area contributed by atoms with Gasteiger partial charge in [-0.25, -0.2) is 4.98 Å². The molecule has 0 bridgehead atoms. The van der Waals surface area contributed by atoms with Crippen LogP contribution in [0.2, 0.25) is 0 Å². The van der Waals surface area contributed by atoms with E-state index in [4.69, 9.17) is 9.72 Å². The lowest BCUT2D eigenvalue weighted by Gasteiger charge is -2.31. The smallest absolute Gasteiger partial charge is 0.406 e. The molecule has 2 heterocycles. The number of fused-ring (bicyclic) bond motifs is 1. The normalized spacial score (nSPS) is 16.5. The highest BCUT2D eigenvalue weighted by Crippen LogP contribution is 2.33. The predicted octanol–water partition coefficient (Wildman–Crippen LogP) is 6.33. The number of H-pyrrole nitrogens is 1. The van der Waals surface area contributed by atoms with Crippen molar-refractivity contribution in [3.05, 3.63) is 84.2 Å². The number of imidazole rings is 1. The molecule has 0 amide bonds. The van der Waals surface area contributed by atoms with Crippen molar-refractivity contribution in [3.8, 4) is 16.9 Å². The Bertz CT molecular complexity index is 1250. The van der Waals surface area contributed by atoms with Crippen LogP contribution in [0.25, 0.3) is 22.2 Å². The van der Waals surface area contributed by atoms with Crippen LogP contribution in [0.3, 0.4) is 0 Å². The van der Waals surface area contributed by atoms with Crippen molar-refractivity contribution in [3.63, 3.8) is 0 Å². The topological polar surface area (TPSA) is 50.4 Å². The maximum absolute atomic E-state index is 12.5. The van der Waals surface area contributed by atoms with Gasteiger partial charge in [0.15, 0.2) is 0 Å². The number of aromatic amines is 1. The van der Waals surface area contributed by atoms with Crippen LogP contribution in [0.15, 0.2) is 72.8 Å². The second-order valence-electron chi connectivity index (χ2n) is 8.86. The summed E-state index contributed by atoms with van der Waals surface area (Å²) >= 11 is 0. The van der Waals surface area contributed by atoms with E-state index in [9.17, 15) is 13.2 Å². The molecule has 1 fully saturated rings. The Morgan fingerprint density at radius 1 is 0.943 bits per heavy atom. The minimum atomic E-state index is -4.72. The average molecular weight is 482 g/mol. The summed E-state index contributed by atoms with van der Waals surface area (Å²) in [6.45, 7) is 1.95. The van der Waals surface area contributed by atoms with Crippen LogP contribution >= 0.6 is 0 Å². The molecule has 1 N–H and O–H groups in total. The summed E-state index contributed by atoms with van der Waals surface area (Å²) in [5.74, 6) is 0.486. The van der Waals surface area contributed by atoms with Crippen LogP contribution < -0.4 is 4.74 Å².